The maximum Gasteiger partial charge on any atom is 0.136 e. The quantitative estimate of drug-likeness (QED) is 0.736. The van der Waals surface area contributed by atoms with Gasteiger partial charge in [0.25, 0.3) is 0 Å². The number of carbonyl (C=O) groups excluding carboxylic acids is 1. The number of rotatable bonds is 3. The summed E-state index contributed by atoms with van der Waals surface area (Å²) in [5.74, 6) is 1.80. The maximum atomic E-state index is 11.6. The Balaban J connectivity index is 2.68. The SMILES string of the molecule is CC(=O)C(C)(C)CN1CC(C)CC(C)C1C. The molecule has 0 amide bonds. The molecule has 0 bridgehead atoms. The summed E-state index contributed by atoms with van der Waals surface area (Å²) in [6, 6.07) is 0.606. The molecule has 1 aliphatic heterocycles. The van der Waals surface area contributed by atoms with E-state index in [2.05, 4.69) is 39.5 Å². The van der Waals surface area contributed by atoms with Gasteiger partial charge in [0.1, 0.15) is 5.78 Å². The highest BCUT2D eigenvalue weighted by atomic mass is 16.1. The van der Waals surface area contributed by atoms with Gasteiger partial charge in [0.2, 0.25) is 0 Å². The third kappa shape index (κ3) is 3.07. The van der Waals surface area contributed by atoms with Gasteiger partial charge >= 0.3 is 0 Å². The van der Waals surface area contributed by atoms with Crippen molar-refractivity contribution >= 4 is 5.78 Å². The summed E-state index contributed by atoms with van der Waals surface area (Å²) >= 11 is 0. The van der Waals surface area contributed by atoms with E-state index in [4.69, 9.17) is 0 Å². The number of hydrogen-bond acceptors (Lipinski definition) is 2. The van der Waals surface area contributed by atoms with Crippen LogP contribution in [0.15, 0.2) is 0 Å². The van der Waals surface area contributed by atoms with Crippen LogP contribution >= 0.6 is 0 Å². The average Bonchev–Trinajstić information content (AvgIpc) is 2.12. The molecule has 1 heterocycles. The van der Waals surface area contributed by atoms with Gasteiger partial charge in [-0.1, -0.05) is 27.7 Å². The number of likely N-dealkylation sites (tertiary alicyclic amines) is 1. The van der Waals surface area contributed by atoms with Crippen molar-refractivity contribution in [3.8, 4) is 0 Å². The summed E-state index contributed by atoms with van der Waals surface area (Å²) in [4.78, 5) is 14.1. The zero-order valence-corrected chi connectivity index (χ0v) is 11.7. The van der Waals surface area contributed by atoms with Gasteiger partial charge in [-0.05, 0) is 32.1 Å². The molecule has 0 spiro atoms. The first-order chi connectivity index (χ1) is 7.24. The number of hydrogen-bond donors (Lipinski definition) is 0. The maximum absolute atomic E-state index is 11.6. The standard InChI is InChI=1S/C14H27NO/c1-10-7-11(2)12(3)15(8-10)9-14(5,6)13(4)16/h10-12H,7-9H2,1-6H3. The number of ketones is 1. The first-order valence-corrected chi connectivity index (χ1v) is 6.49. The van der Waals surface area contributed by atoms with Crippen LogP contribution in [-0.2, 0) is 4.79 Å². The van der Waals surface area contributed by atoms with Crippen molar-refractivity contribution < 1.29 is 4.79 Å². The van der Waals surface area contributed by atoms with E-state index in [1.807, 2.05) is 0 Å². The van der Waals surface area contributed by atoms with Crippen LogP contribution in [-0.4, -0.2) is 29.8 Å². The highest BCUT2D eigenvalue weighted by Crippen LogP contribution is 2.30. The second-order valence-corrected chi connectivity index (χ2v) is 6.43. The molecule has 2 heteroatoms. The third-order valence-corrected chi connectivity index (χ3v) is 4.27. The molecule has 1 saturated heterocycles. The van der Waals surface area contributed by atoms with Crippen molar-refractivity contribution in [1.29, 1.82) is 0 Å². The molecule has 3 unspecified atom stereocenters. The molecule has 2 nitrogen and oxygen atoms in total. The topological polar surface area (TPSA) is 20.3 Å². The molecular formula is C14H27NO. The van der Waals surface area contributed by atoms with E-state index in [1.54, 1.807) is 6.92 Å². The molecule has 94 valence electrons. The van der Waals surface area contributed by atoms with Gasteiger partial charge < -0.3 is 0 Å². The summed E-state index contributed by atoms with van der Waals surface area (Å²) in [5.41, 5.74) is -0.203. The van der Waals surface area contributed by atoms with E-state index in [0.29, 0.717) is 11.8 Å². The Labute approximate surface area is 100 Å². The molecular weight excluding hydrogens is 198 g/mol. The van der Waals surface area contributed by atoms with Crippen molar-refractivity contribution in [3.05, 3.63) is 0 Å². The van der Waals surface area contributed by atoms with E-state index in [-0.39, 0.29) is 5.41 Å². The van der Waals surface area contributed by atoms with Gasteiger partial charge in [0, 0.05) is 24.5 Å². The Morgan fingerprint density at radius 2 is 1.88 bits per heavy atom. The summed E-state index contributed by atoms with van der Waals surface area (Å²) in [6.07, 6.45) is 1.32. The fourth-order valence-corrected chi connectivity index (χ4v) is 2.66. The van der Waals surface area contributed by atoms with E-state index in [0.717, 1.165) is 24.9 Å². The first-order valence-electron chi connectivity index (χ1n) is 6.49. The van der Waals surface area contributed by atoms with Crippen molar-refractivity contribution in [2.24, 2.45) is 17.3 Å². The minimum absolute atomic E-state index is 0.203. The van der Waals surface area contributed by atoms with Gasteiger partial charge in [-0.2, -0.15) is 0 Å². The monoisotopic (exact) mass is 225 g/mol. The van der Waals surface area contributed by atoms with E-state index in [9.17, 15) is 4.79 Å². The molecule has 0 aromatic rings. The predicted octanol–water partition coefficient (Wildman–Crippen LogP) is 2.97. The fourth-order valence-electron chi connectivity index (χ4n) is 2.66. The fraction of sp³-hybridized carbons (Fsp3) is 0.929. The molecule has 0 saturated carbocycles. The van der Waals surface area contributed by atoms with Gasteiger partial charge in [-0.25, -0.2) is 0 Å². The summed E-state index contributed by atoms with van der Waals surface area (Å²) in [7, 11) is 0. The second kappa shape index (κ2) is 4.87. The Morgan fingerprint density at radius 1 is 1.31 bits per heavy atom. The molecule has 0 aromatic heterocycles. The lowest BCUT2D eigenvalue weighted by Crippen LogP contribution is -2.50. The van der Waals surface area contributed by atoms with E-state index < -0.39 is 0 Å². The lowest BCUT2D eigenvalue weighted by atomic mass is 9.82. The van der Waals surface area contributed by atoms with Gasteiger partial charge in [-0.3, -0.25) is 9.69 Å². The molecule has 0 N–H and O–H groups in total. The van der Waals surface area contributed by atoms with Crippen molar-refractivity contribution in [1.82, 2.24) is 4.90 Å². The Bertz CT molecular complexity index is 259. The van der Waals surface area contributed by atoms with Crippen molar-refractivity contribution in [2.75, 3.05) is 13.1 Å². The Morgan fingerprint density at radius 3 is 2.38 bits per heavy atom. The summed E-state index contributed by atoms with van der Waals surface area (Å²) < 4.78 is 0. The molecule has 3 atom stereocenters. The van der Waals surface area contributed by atoms with Crippen LogP contribution < -0.4 is 0 Å². The summed E-state index contributed by atoms with van der Waals surface area (Å²) in [6.45, 7) is 14.8. The van der Waals surface area contributed by atoms with Crippen LogP contribution in [0, 0.1) is 17.3 Å². The number of Topliss-reactive ketones (excluding diaryl/α,β-unsaturated/α-hetero) is 1. The van der Waals surface area contributed by atoms with E-state index in [1.165, 1.54) is 6.42 Å². The molecule has 0 aliphatic carbocycles. The number of carbonyl (C=O) groups is 1. The Hall–Kier alpha value is -0.370. The van der Waals surface area contributed by atoms with Gasteiger partial charge in [-0.15, -0.1) is 0 Å². The summed E-state index contributed by atoms with van der Waals surface area (Å²) in [5, 5.41) is 0. The zero-order chi connectivity index (χ0) is 12.5. The zero-order valence-electron chi connectivity index (χ0n) is 11.7. The largest absolute Gasteiger partial charge is 0.299 e. The molecule has 1 aliphatic rings. The van der Waals surface area contributed by atoms with Crippen LogP contribution in [0.25, 0.3) is 0 Å². The minimum Gasteiger partial charge on any atom is -0.299 e. The first kappa shape index (κ1) is 13.7. The smallest absolute Gasteiger partial charge is 0.136 e. The average molecular weight is 225 g/mol. The van der Waals surface area contributed by atoms with Crippen molar-refractivity contribution in [2.45, 2.75) is 54.0 Å². The van der Waals surface area contributed by atoms with Crippen LogP contribution in [0.2, 0.25) is 0 Å². The second-order valence-electron chi connectivity index (χ2n) is 6.43. The predicted molar refractivity (Wildman–Crippen MR) is 68.4 cm³/mol. The van der Waals surface area contributed by atoms with E-state index >= 15 is 0 Å². The number of piperidine rings is 1. The third-order valence-electron chi connectivity index (χ3n) is 4.27. The van der Waals surface area contributed by atoms with Gasteiger partial charge in [0.15, 0.2) is 0 Å². The molecule has 1 rings (SSSR count). The number of nitrogens with zero attached hydrogens (tertiary/aromatic N) is 1. The normalized spacial score (nSPS) is 32.8. The minimum atomic E-state index is -0.203. The van der Waals surface area contributed by atoms with Crippen LogP contribution in [0.5, 0.6) is 0 Å². The lowest BCUT2D eigenvalue weighted by Gasteiger charge is -2.44. The molecule has 1 fully saturated rings. The highest BCUT2D eigenvalue weighted by molar-refractivity contribution is 5.81. The van der Waals surface area contributed by atoms with Crippen LogP contribution in [0.4, 0.5) is 0 Å². The molecule has 16 heavy (non-hydrogen) atoms. The lowest BCUT2D eigenvalue weighted by molar-refractivity contribution is -0.126. The van der Waals surface area contributed by atoms with Gasteiger partial charge in [0.05, 0.1) is 0 Å². The van der Waals surface area contributed by atoms with Crippen LogP contribution in [0.1, 0.15) is 48.0 Å². The molecule has 0 radical (unpaired) electrons. The van der Waals surface area contributed by atoms with Crippen LogP contribution in [0.3, 0.4) is 0 Å². The molecule has 0 aromatic carbocycles. The van der Waals surface area contributed by atoms with Crippen molar-refractivity contribution in [3.63, 3.8) is 0 Å². The Kier molecular flexibility index (Phi) is 4.17. The highest BCUT2D eigenvalue weighted by Gasteiger charge is 2.34.